The maximum absolute atomic E-state index is 13.0. The van der Waals surface area contributed by atoms with Crippen molar-refractivity contribution in [2.75, 3.05) is 24.7 Å². The minimum atomic E-state index is -4.54. The number of aliphatic carboxylic acids is 1. The maximum Gasteiger partial charge on any atom is 0.418 e. The monoisotopic (exact) mass is 353 g/mol. The number of alkyl halides is 3. The number of hydrogen-bond donors (Lipinski definition) is 1. The molecule has 0 bridgehead atoms. The van der Waals surface area contributed by atoms with E-state index >= 15 is 0 Å². The smallest absolute Gasteiger partial charge is 0.418 e. The summed E-state index contributed by atoms with van der Waals surface area (Å²) in [6.07, 6.45) is -4.54. The van der Waals surface area contributed by atoms with Gasteiger partial charge in [-0.15, -0.1) is 0 Å². The standard InChI is InChI=1S/C12H11BrF3NO3/c13-7-1-2-8(12(14,15)16)9(5-7)17-3-4-20-6-10(17)11(18)19/h1-2,5,10H,3-4,6H2,(H,18,19). The first-order chi connectivity index (χ1) is 9.30. The second kappa shape index (κ2) is 5.61. The minimum absolute atomic E-state index is 0.0938. The van der Waals surface area contributed by atoms with Crippen LogP contribution in [0.1, 0.15) is 5.56 Å². The van der Waals surface area contributed by atoms with Crippen molar-refractivity contribution in [3.8, 4) is 0 Å². The molecule has 1 saturated heterocycles. The van der Waals surface area contributed by atoms with E-state index in [1.54, 1.807) is 0 Å². The second-order valence-electron chi connectivity index (χ2n) is 4.28. The van der Waals surface area contributed by atoms with Gasteiger partial charge in [0.1, 0.15) is 0 Å². The first-order valence-corrected chi connectivity index (χ1v) is 6.54. The SMILES string of the molecule is O=C(O)C1COCCN1c1cc(Br)ccc1C(F)(F)F. The van der Waals surface area contributed by atoms with Crippen LogP contribution in [0.2, 0.25) is 0 Å². The summed E-state index contributed by atoms with van der Waals surface area (Å²) in [4.78, 5) is 12.4. The summed E-state index contributed by atoms with van der Waals surface area (Å²) in [5, 5.41) is 9.12. The van der Waals surface area contributed by atoms with Gasteiger partial charge in [0, 0.05) is 11.0 Å². The fourth-order valence-electron chi connectivity index (χ4n) is 2.08. The summed E-state index contributed by atoms with van der Waals surface area (Å²) in [6.45, 7) is 0.142. The van der Waals surface area contributed by atoms with Gasteiger partial charge in [-0.2, -0.15) is 13.2 Å². The molecule has 0 amide bonds. The van der Waals surface area contributed by atoms with Crippen molar-refractivity contribution in [3.05, 3.63) is 28.2 Å². The number of hydrogen-bond acceptors (Lipinski definition) is 3. The van der Waals surface area contributed by atoms with Crippen molar-refractivity contribution in [2.24, 2.45) is 0 Å². The topological polar surface area (TPSA) is 49.8 Å². The molecular weight excluding hydrogens is 343 g/mol. The van der Waals surface area contributed by atoms with Gasteiger partial charge in [0.15, 0.2) is 6.04 Å². The molecule has 110 valence electrons. The van der Waals surface area contributed by atoms with E-state index in [2.05, 4.69) is 15.9 Å². The Morgan fingerprint density at radius 3 is 2.75 bits per heavy atom. The van der Waals surface area contributed by atoms with Crippen LogP contribution < -0.4 is 4.90 Å². The Morgan fingerprint density at radius 2 is 2.15 bits per heavy atom. The van der Waals surface area contributed by atoms with Gasteiger partial charge in [-0.3, -0.25) is 0 Å². The predicted octanol–water partition coefficient (Wildman–Crippen LogP) is 2.76. The van der Waals surface area contributed by atoms with Gasteiger partial charge in [-0.1, -0.05) is 15.9 Å². The van der Waals surface area contributed by atoms with E-state index in [-0.39, 0.29) is 25.4 Å². The molecule has 1 aromatic rings. The number of carboxylic acid groups (broad SMARTS) is 1. The average molecular weight is 354 g/mol. The van der Waals surface area contributed by atoms with Gasteiger partial charge < -0.3 is 14.7 Å². The van der Waals surface area contributed by atoms with E-state index in [1.165, 1.54) is 17.0 Å². The van der Waals surface area contributed by atoms with Gasteiger partial charge >= 0.3 is 12.1 Å². The minimum Gasteiger partial charge on any atom is -0.480 e. The molecule has 4 nitrogen and oxygen atoms in total. The number of ether oxygens (including phenoxy) is 1. The lowest BCUT2D eigenvalue weighted by Gasteiger charge is -2.36. The first-order valence-electron chi connectivity index (χ1n) is 5.74. The zero-order valence-corrected chi connectivity index (χ0v) is 11.7. The largest absolute Gasteiger partial charge is 0.480 e. The van der Waals surface area contributed by atoms with Gasteiger partial charge in [-0.25, -0.2) is 4.79 Å². The second-order valence-corrected chi connectivity index (χ2v) is 5.20. The zero-order valence-electron chi connectivity index (χ0n) is 10.2. The molecule has 1 aliphatic rings. The highest BCUT2D eigenvalue weighted by Crippen LogP contribution is 2.39. The van der Waals surface area contributed by atoms with Crippen LogP contribution in [0.25, 0.3) is 0 Å². The van der Waals surface area contributed by atoms with Gasteiger partial charge in [0.05, 0.1) is 24.5 Å². The van der Waals surface area contributed by atoms with E-state index in [0.29, 0.717) is 4.47 Å². The van der Waals surface area contributed by atoms with Gasteiger partial charge in [0.2, 0.25) is 0 Å². The van der Waals surface area contributed by atoms with E-state index in [9.17, 15) is 18.0 Å². The molecule has 1 N–H and O–H groups in total. The van der Waals surface area contributed by atoms with Crippen molar-refractivity contribution in [1.82, 2.24) is 0 Å². The molecule has 0 aromatic heterocycles. The summed E-state index contributed by atoms with van der Waals surface area (Å²) in [5.41, 5.74) is -1.00. The van der Waals surface area contributed by atoms with E-state index < -0.39 is 23.8 Å². The van der Waals surface area contributed by atoms with Crippen LogP contribution in [0.15, 0.2) is 22.7 Å². The molecule has 0 aliphatic carbocycles. The Morgan fingerprint density at radius 1 is 1.45 bits per heavy atom. The number of carbonyl (C=O) groups is 1. The number of morpholine rings is 1. The normalized spacial score (nSPS) is 20.0. The van der Waals surface area contributed by atoms with Crippen LogP contribution in [0.5, 0.6) is 0 Å². The van der Waals surface area contributed by atoms with Crippen molar-refractivity contribution < 1.29 is 27.8 Å². The molecule has 8 heteroatoms. The highest BCUT2D eigenvalue weighted by atomic mass is 79.9. The number of rotatable bonds is 2. The fourth-order valence-corrected chi connectivity index (χ4v) is 2.43. The Hall–Kier alpha value is -1.28. The lowest BCUT2D eigenvalue weighted by Crippen LogP contribution is -2.50. The number of halogens is 4. The van der Waals surface area contributed by atoms with Crippen LogP contribution in [-0.4, -0.2) is 36.9 Å². The molecule has 0 radical (unpaired) electrons. The molecule has 1 aliphatic heterocycles. The van der Waals surface area contributed by atoms with Crippen LogP contribution >= 0.6 is 15.9 Å². The van der Waals surface area contributed by atoms with E-state index in [0.717, 1.165) is 6.07 Å². The van der Waals surface area contributed by atoms with Crippen LogP contribution in [0.3, 0.4) is 0 Å². The average Bonchev–Trinajstić information content (AvgIpc) is 2.37. The summed E-state index contributed by atoms with van der Waals surface area (Å²) in [7, 11) is 0. The molecule has 20 heavy (non-hydrogen) atoms. The molecular formula is C12H11BrF3NO3. The highest BCUT2D eigenvalue weighted by molar-refractivity contribution is 9.10. The third-order valence-corrected chi connectivity index (χ3v) is 3.48. The number of benzene rings is 1. The molecule has 1 aromatic carbocycles. The quantitative estimate of drug-likeness (QED) is 0.888. The van der Waals surface area contributed by atoms with Crippen molar-refractivity contribution in [1.29, 1.82) is 0 Å². The lowest BCUT2D eigenvalue weighted by atomic mass is 10.1. The van der Waals surface area contributed by atoms with Crippen LogP contribution in [0.4, 0.5) is 18.9 Å². The number of nitrogens with zero attached hydrogens (tertiary/aromatic N) is 1. The zero-order chi connectivity index (χ0) is 14.9. The molecule has 1 heterocycles. The summed E-state index contributed by atoms with van der Waals surface area (Å²) in [5.74, 6) is -1.21. The molecule has 0 spiro atoms. The Balaban J connectivity index is 2.49. The van der Waals surface area contributed by atoms with Crippen molar-refractivity contribution >= 4 is 27.6 Å². The fraction of sp³-hybridized carbons (Fsp3) is 0.417. The van der Waals surface area contributed by atoms with Gasteiger partial charge in [0.25, 0.3) is 0 Å². The van der Waals surface area contributed by atoms with E-state index in [1.807, 2.05) is 0 Å². The summed E-state index contributed by atoms with van der Waals surface area (Å²) in [6, 6.07) is 2.37. The Labute approximate surface area is 121 Å². The first kappa shape index (κ1) is 15.1. The molecule has 1 fully saturated rings. The molecule has 1 unspecified atom stereocenters. The summed E-state index contributed by atoms with van der Waals surface area (Å²) < 4.78 is 44.6. The van der Waals surface area contributed by atoms with Crippen molar-refractivity contribution in [2.45, 2.75) is 12.2 Å². The number of anilines is 1. The number of carboxylic acids is 1. The highest BCUT2D eigenvalue weighted by Gasteiger charge is 2.38. The third kappa shape index (κ3) is 3.06. The predicted molar refractivity (Wildman–Crippen MR) is 68.7 cm³/mol. The summed E-state index contributed by atoms with van der Waals surface area (Å²) >= 11 is 3.11. The molecule has 0 saturated carbocycles. The third-order valence-electron chi connectivity index (χ3n) is 2.99. The van der Waals surface area contributed by atoms with Gasteiger partial charge in [-0.05, 0) is 18.2 Å². The Kier molecular flexibility index (Phi) is 4.24. The van der Waals surface area contributed by atoms with Crippen LogP contribution in [-0.2, 0) is 15.7 Å². The van der Waals surface area contributed by atoms with Crippen LogP contribution in [0, 0.1) is 0 Å². The van der Waals surface area contributed by atoms with Crippen molar-refractivity contribution in [3.63, 3.8) is 0 Å². The Bertz CT molecular complexity index is 521. The lowest BCUT2D eigenvalue weighted by molar-refractivity contribution is -0.142. The molecule has 2 rings (SSSR count). The molecule has 1 atom stereocenters. The maximum atomic E-state index is 13.0. The van der Waals surface area contributed by atoms with E-state index in [4.69, 9.17) is 9.84 Å².